The summed E-state index contributed by atoms with van der Waals surface area (Å²) in [7, 11) is 0. The molecule has 1 saturated heterocycles. The Morgan fingerprint density at radius 3 is 2.50 bits per heavy atom. The second-order valence-corrected chi connectivity index (χ2v) is 5.50. The van der Waals surface area contributed by atoms with Gasteiger partial charge in [-0.2, -0.15) is 0 Å². The number of rotatable bonds is 6. The number of benzene rings is 1. The maximum absolute atomic E-state index is 10.7. The van der Waals surface area contributed by atoms with Crippen molar-refractivity contribution in [3.05, 3.63) is 29.8 Å². The summed E-state index contributed by atoms with van der Waals surface area (Å²) in [5.74, 6) is 0.844. The fraction of sp³-hybridized carbons (Fsp3) is 0.625. The van der Waals surface area contributed by atoms with Crippen LogP contribution >= 0.6 is 0 Å². The SMILES string of the molecule is CCCOc1ccc(C(O)C2(CN)CCOCC2)cc1. The van der Waals surface area contributed by atoms with E-state index in [0.29, 0.717) is 26.4 Å². The Morgan fingerprint density at radius 2 is 1.95 bits per heavy atom. The van der Waals surface area contributed by atoms with Gasteiger partial charge in [0.25, 0.3) is 0 Å². The summed E-state index contributed by atoms with van der Waals surface area (Å²) in [4.78, 5) is 0. The minimum absolute atomic E-state index is 0.260. The second kappa shape index (κ2) is 7.07. The maximum Gasteiger partial charge on any atom is 0.119 e. The van der Waals surface area contributed by atoms with Crippen molar-refractivity contribution in [3.8, 4) is 5.75 Å². The Bertz CT molecular complexity index is 399. The van der Waals surface area contributed by atoms with Gasteiger partial charge in [-0.25, -0.2) is 0 Å². The lowest BCUT2D eigenvalue weighted by Crippen LogP contribution is -2.41. The minimum atomic E-state index is -0.545. The van der Waals surface area contributed by atoms with E-state index in [0.717, 1.165) is 30.6 Å². The average Bonchev–Trinajstić information content (AvgIpc) is 2.53. The van der Waals surface area contributed by atoms with Crippen LogP contribution in [-0.2, 0) is 4.74 Å². The first-order valence-electron chi connectivity index (χ1n) is 7.40. The van der Waals surface area contributed by atoms with Crippen LogP contribution in [0.3, 0.4) is 0 Å². The first-order chi connectivity index (χ1) is 9.72. The topological polar surface area (TPSA) is 64.7 Å². The largest absolute Gasteiger partial charge is 0.494 e. The molecule has 3 N–H and O–H groups in total. The van der Waals surface area contributed by atoms with Crippen LogP contribution in [0.2, 0.25) is 0 Å². The van der Waals surface area contributed by atoms with Crippen LogP contribution in [0.25, 0.3) is 0 Å². The van der Waals surface area contributed by atoms with Crippen molar-refractivity contribution < 1.29 is 14.6 Å². The standard InChI is InChI=1S/C16H25NO3/c1-2-9-20-14-5-3-13(4-6-14)15(18)16(12-17)7-10-19-11-8-16/h3-6,15,18H,2,7-12,17H2,1H3. The molecule has 2 rings (SSSR count). The molecule has 1 aromatic rings. The molecule has 1 aliphatic rings. The number of ether oxygens (including phenoxy) is 2. The summed E-state index contributed by atoms with van der Waals surface area (Å²) in [6.45, 7) is 4.61. The molecule has 0 amide bonds. The van der Waals surface area contributed by atoms with Gasteiger partial charge in [-0.15, -0.1) is 0 Å². The number of nitrogens with two attached hydrogens (primary N) is 1. The van der Waals surface area contributed by atoms with Crippen LogP contribution in [0.4, 0.5) is 0 Å². The molecule has 1 atom stereocenters. The zero-order valence-electron chi connectivity index (χ0n) is 12.2. The summed E-state index contributed by atoms with van der Waals surface area (Å²) in [5, 5.41) is 10.7. The smallest absolute Gasteiger partial charge is 0.119 e. The molecule has 0 aromatic heterocycles. The highest BCUT2D eigenvalue weighted by molar-refractivity contribution is 5.29. The van der Waals surface area contributed by atoms with Gasteiger partial charge >= 0.3 is 0 Å². The molecule has 1 fully saturated rings. The highest BCUT2D eigenvalue weighted by atomic mass is 16.5. The van der Waals surface area contributed by atoms with Crippen molar-refractivity contribution in [1.82, 2.24) is 0 Å². The lowest BCUT2D eigenvalue weighted by atomic mass is 9.73. The van der Waals surface area contributed by atoms with E-state index in [1.54, 1.807) is 0 Å². The van der Waals surface area contributed by atoms with Crippen LogP contribution in [-0.4, -0.2) is 31.5 Å². The molecule has 0 saturated carbocycles. The third-order valence-corrected chi connectivity index (χ3v) is 4.14. The van der Waals surface area contributed by atoms with Crippen molar-refractivity contribution in [3.63, 3.8) is 0 Å². The third-order valence-electron chi connectivity index (χ3n) is 4.14. The highest BCUT2D eigenvalue weighted by Gasteiger charge is 2.39. The zero-order chi connectivity index (χ0) is 14.4. The maximum atomic E-state index is 10.7. The van der Waals surface area contributed by atoms with E-state index in [1.165, 1.54) is 0 Å². The monoisotopic (exact) mass is 279 g/mol. The van der Waals surface area contributed by atoms with Crippen LogP contribution in [0.1, 0.15) is 37.9 Å². The van der Waals surface area contributed by atoms with Crippen molar-refractivity contribution >= 4 is 0 Å². The van der Waals surface area contributed by atoms with Gasteiger partial charge in [-0.05, 0) is 37.0 Å². The molecule has 20 heavy (non-hydrogen) atoms. The third kappa shape index (κ3) is 3.32. The van der Waals surface area contributed by atoms with Gasteiger partial charge in [0.15, 0.2) is 0 Å². The van der Waals surface area contributed by atoms with E-state index in [4.69, 9.17) is 15.2 Å². The lowest BCUT2D eigenvalue weighted by Gasteiger charge is -2.40. The number of aliphatic hydroxyl groups is 1. The van der Waals surface area contributed by atoms with E-state index in [2.05, 4.69) is 6.92 Å². The number of aliphatic hydroxyl groups excluding tert-OH is 1. The average molecular weight is 279 g/mol. The molecule has 0 spiro atoms. The molecule has 0 radical (unpaired) electrons. The summed E-state index contributed by atoms with van der Waals surface area (Å²) < 4.78 is 10.9. The number of hydrogen-bond acceptors (Lipinski definition) is 4. The summed E-state index contributed by atoms with van der Waals surface area (Å²) >= 11 is 0. The van der Waals surface area contributed by atoms with Gasteiger partial charge < -0.3 is 20.3 Å². The Hall–Kier alpha value is -1.10. The number of hydrogen-bond donors (Lipinski definition) is 2. The van der Waals surface area contributed by atoms with Crippen molar-refractivity contribution in [2.75, 3.05) is 26.4 Å². The first kappa shape index (κ1) is 15.3. The van der Waals surface area contributed by atoms with E-state index in [9.17, 15) is 5.11 Å². The fourth-order valence-corrected chi connectivity index (χ4v) is 2.69. The fourth-order valence-electron chi connectivity index (χ4n) is 2.69. The Kier molecular flexibility index (Phi) is 5.40. The predicted octanol–water partition coefficient (Wildman–Crippen LogP) is 2.26. The van der Waals surface area contributed by atoms with E-state index < -0.39 is 6.10 Å². The van der Waals surface area contributed by atoms with Crippen LogP contribution < -0.4 is 10.5 Å². The van der Waals surface area contributed by atoms with Gasteiger partial charge in [0.2, 0.25) is 0 Å². The van der Waals surface area contributed by atoms with Crippen LogP contribution in [0, 0.1) is 5.41 Å². The summed E-state index contributed by atoms with van der Waals surface area (Å²) in [5.41, 5.74) is 6.58. The van der Waals surface area contributed by atoms with Crippen LogP contribution in [0.15, 0.2) is 24.3 Å². The van der Waals surface area contributed by atoms with Gasteiger partial charge in [-0.3, -0.25) is 0 Å². The Balaban J connectivity index is 2.09. The Labute approximate surface area is 120 Å². The van der Waals surface area contributed by atoms with Crippen molar-refractivity contribution in [2.24, 2.45) is 11.1 Å². The normalized spacial score (nSPS) is 19.6. The second-order valence-electron chi connectivity index (χ2n) is 5.50. The first-order valence-corrected chi connectivity index (χ1v) is 7.40. The lowest BCUT2D eigenvalue weighted by molar-refractivity contribution is -0.0581. The molecule has 1 unspecified atom stereocenters. The molecule has 1 heterocycles. The van der Waals surface area contributed by atoms with Crippen molar-refractivity contribution in [2.45, 2.75) is 32.3 Å². The predicted molar refractivity (Wildman–Crippen MR) is 78.7 cm³/mol. The molecule has 4 nitrogen and oxygen atoms in total. The quantitative estimate of drug-likeness (QED) is 0.838. The van der Waals surface area contributed by atoms with Crippen molar-refractivity contribution in [1.29, 1.82) is 0 Å². The molecule has 1 aliphatic heterocycles. The summed E-state index contributed by atoms with van der Waals surface area (Å²) in [6, 6.07) is 7.70. The minimum Gasteiger partial charge on any atom is -0.494 e. The molecule has 4 heteroatoms. The van der Waals surface area contributed by atoms with Crippen LogP contribution in [0.5, 0.6) is 5.75 Å². The van der Waals surface area contributed by atoms with Gasteiger partial charge in [-0.1, -0.05) is 19.1 Å². The molecule has 1 aromatic carbocycles. The van der Waals surface area contributed by atoms with Gasteiger partial charge in [0.05, 0.1) is 12.7 Å². The molecule has 0 bridgehead atoms. The summed E-state index contributed by atoms with van der Waals surface area (Å²) in [6.07, 6.45) is 2.05. The molecular weight excluding hydrogens is 254 g/mol. The van der Waals surface area contributed by atoms with E-state index in [-0.39, 0.29) is 5.41 Å². The molecular formula is C16H25NO3. The van der Waals surface area contributed by atoms with E-state index in [1.807, 2.05) is 24.3 Å². The van der Waals surface area contributed by atoms with E-state index >= 15 is 0 Å². The van der Waals surface area contributed by atoms with Gasteiger partial charge in [0.1, 0.15) is 5.75 Å². The molecule has 112 valence electrons. The molecule has 0 aliphatic carbocycles. The highest BCUT2D eigenvalue weighted by Crippen LogP contribution is 2.41. The Morgan fingerprint density at radius 1 is 1.30 bits per heavy atom. The zero-order valence-corrected chi connectivity index (χ0v) is 12.2. The van der Waals surface area contributed by atoms with Gasteiger partial charge in [0, 0.05) is 25.2 Å².